The van der Waals surface area contributed by atoms with Crippen LogP contribution in [-0.2, 0) is 6.54 Å². The van der Waals surface area contributed by atoms with Crippen LogP contribution in [0.25, 0.3) is 0 Å². The third-order valence-electron chi connectivity index (χ3n) is 1.44. The van der Waals surface area contributed by atoms with Gasteiger partial charge in [-0.3, -0.25) is 9.48 Å². The summed E-state index contributed by atoms with van der Waals surface area (Å²) in [7, 11) is 0. The Morgan fingerprint density at radius 1 is 1.80 bits per heavy atom. The van der Waals surface area contributed by atoms with Gasteiger partial charge in [-0.15, -0.1) is 11.8 Å². The molecule has 0 bridgehead atoms. The van der Waals surface area contributed by atoms with Gasteiger partial charge in [-0.05, 0) is 0 Å². The van der Waals surface area contributed by atoms with Crippen molar-refractivity contribution >= 4 is 18.0 Å². The number of carbonyl (C=O) groups is 1. The lowest BCUT2D eigenvalue weighted by molar-refractivity contribution is 0.111. The summed E-state index contributed by atoms with van der Waals surface area (Å²) in [4.78, 5) is 10.2. The Hall–Kier alpha value is -0.770. The van der Waals surface area contributed by atoms with E-state index in [0.717, 1.165) is 23.6 Å². The van der Waals surface area contributed by atoms with Gasteiger partial charge >= 0.3 is 0 Å². The largest absolute Gasteiger partial charge is 0.296 e. The zero-order valence-corrected chi connectivity index (χ0v) is 6.10. The number of aryl methyl sites for hydroxylation is 1. The lowest BCUT2D eigenvalue weighted by Gasteiger charge is -1.87. The molecule has 2 heterocycles. The van der Waals surface area contributed by atoms with Crippen LogP contribution in [0.3, 0.4) is 0 Å². The van der Waals surface area contributed by atoms with Crippen LogP contribution in [0, 0.1) is 0 Å². The topological polar surface area (TPSA) is 34.9 Å². The van der Waals surface area contributed by atoms with E-state index < -0.39 is 0 Å². The number of thioether (sulfide) groups is 1. The molecule has 52 valence electrons. The Kier molecular flexibility index (Phi) is 1.27. The van der Waals surface area contributed by atoms with Gasteiger partial charge in [-0.25, -0.2) is 0 Å². The van der Waals surface area contributed by atoms with E-state index in [4.69, 9.17) is 0 Å². The molecule has 0 amide bonds. The average molecular weight is 154 g/mol. The van der Waals surface area contributed by atoms with Crippen LogP contribution in [0.4, 0.5) is 0 Å². The Morgan fingerprint density at radius 3 is 3.40 bits per heavy atom. The molecule has 1 aliphatic rings. The summed E-state index contributed by atoms with van der Waals surface area (Å²) < 4.78 is 1.87. The summed E-state index contributed by atoms with van der Waals surface area (Å²) in [5.41, 5.74) is 0.544. The lowest BCUT2D eigenvalue weighted by atomic mass is 10.5. The van der Waals surface area contributed by atoms with Gasteiger partial charge in [0.05, 0.1) is 11.6 Å². The summed E-state index contributed by atoms with van der Waals surface area (Å²) >= 11 is 1.75. The van der Waals surface area contributed by atoms with Crippen molar-refractivity contribution in [1.29, 1.82) is 0 Å². The third-order valence-corrected chi connectivity index (χ3v) is 2.45. The second kappa shape index (κ2) is 2.12. The summed E-state index contributed by atoms with van der Waals surface area (Å²) in [6, 6.07) is 1.82. The van der Waals surface area contributed by atoms with Crippen LogP contribution in [0.15, 0.2) is 11.1 Å². The molecule has 1 aromatic heterocycles. The van der Waals surface area contributed by atoms with Gasteiger partial charge in [0.25, 0.3) is 0 Å². The van der Waals surface area contributed by atoms with Crippen molar-refractivity contribution in [3.05, 3.63) is 11.8 Å². The van der Waals surface area contributed by atoms with Gasteiger partial charge < -0.3 is 0 Å². The SMILES string of the molecule is O=Cc1cc2n(n1)CCS2. The summed E-state index contributed by atoms with van der Waals surface area (Å²) in [5, 5.41) is 5.15. The molecule has 0 unspecified atom stereocenters. The number of hydrogen-bond acceptors (Lipinski definition) is 3. The highest BCUT2D eigenvalue weighted by Crippen LogP contribution is 2.24. The maximum Gasteiger partial charge on any atom is 0.170 e. The second-order valence-corrected chi connectivity index (χ2v) is 3.21. The number of carbonyl (C=O) groups excluding carboxylic acids is 1. The second-order valence-electron chi connectivity index (χ2n) is 2.10. The molecule has 4 heteroatoms. The number of hydrogen-bond donors (Lipinski definition) is 0. The zero-order valence-electron chi connectivity index (χ0n) is 5.28. The Bertz CT molecular complexity index is 247. The molecule has 1 aromatic rings. The molecule has 1 aliphatic heterocycles. The fourth-order valence-electron chi connectivity index (χ4n) is 0.989. The third kappa shape index (κ3) is 0.759. The van der Waals surface area contributed by atoms with E-state index in [1.165, 1.54) is 0 Å². The van der Waals surface area contributed by atoms with Gasteiger partial charge in [0, 0.05) is 11.8 Å². The molecule has 0 fully saturated rings. The van der Waals surface area contributed by atoms with Crippen LogP contribution in [0.2, 0.25) is 0 Å². The number of aromatic nitrogens is 2. The van der Waals surface area contributed by atoms with Crippen LogP contribution < -0.4 is 0 Å². The standard InChI is InChI=1S/C6H6N2OS/c9-4-5-3-6-8(7-5)1-2-10-6/h3-4H,1-2H2. The molecule has 0 atom stereocenters. The van der Waals surface area contributed by atoms with Crippen molar-refractivity contribution in [3.63, 3.8) is 0 Å². The zero-order chi connectivity index (χ0) is 6.97. The van der Waals surface area contributed by atoms with Crippen LogP contribution in [0.1, 0.15) is 10.5 Å². The monoisotopic (exact) mass is 154 g/mol. The first-order chi connectivity index (χ1) is 4.90. The minimum absolute atomic E-state index is 0.544. The van der Waals surface area contributed by atoms with E-state index in [2.05, 4.69) is 5.10 Å². The summed E-state index contributed by atoms with van der Waals surface area (Å²) in [6.07, 6.45) is 0.784. The Morgan fingerprint density at radius 2 is 2.70 bits per heavy atom. The molecule has 2 rings (SSSR count). The summed E-state index contributed by atoms with van der Waals surface area (Å²) in [6.45, 7) is 0.938. The van der Waals surface area contributed by atoms with Crippen LogP contribution in [0.5, 0.6) is 0 Å². The van der Waals surface area contributed by atoms with Gasteiger partial charge in [0.15, 0.2) is 6.29 Å². The van der Waals surface area contributed by atoms with Crippen LogP contribution in [-0.4, -0.2) is 21.8 Å². The maximum atomic E-state index is 10.2. The molecule has 0 saturated carbocycles. The molecule has 0 N–H and O–H groups in total. The molecular weight excluding hydrogens is 148 g/mol. The van der Waals surface area contributed by atoms with E-state index in [9.17, 15) is 4.79 Å². The first kappa shape index (κ1) is 5.97. The van der Waals surface area contributed by atoms with Gasteiger partial charge in [-0.1, -0.05) is 0 Å². The molecule has 10 heavy (non-hydrogen) atoms. The number of rotatable bonds is 1. The molecular formula is C6H6N2OS. The highest BCUT2D eigenvalue weighted by Gasteiger charge is 2.12. The van der Waals surface area contributed by atoms with Crippen molar-refractivity contribution in [2.75, 3.05) is 5.75 Å². The van der Waals surface area contributed by atoms with E-state index in [1.54, 1.807) is 11.8 Å². The fourth-order valence-corrected chi connectivity index (χ4v) is 1.95. The normalized spacial score (nSPS) is 15.2. The highest BCUT2D eigenvalue weighted by molar-refractivity contribution is 7.99. The number of fused-ring (bicyclic) bond motifs is 1. The van der Waals surface area contributed by atoms with Crippen molar-refractivity contribution in [2.45, 2.75) is 11.6 Å². The van der Waals surface area contributed by atoms with E-state index in [1.807, 2.05) is 10.7 Å². The molecule has 0 spiro atoms. The molecule has 0 saturated heterocycles. The number of aldehydes is 1. The predicted molar refractivity (Wildman–Crippen MR) is 38.3 cm³/mol. The van der Waals surface area contributed by atoms with E-state index >= 15 is 0 Å². The van der Waals surface area contributed by atoms with Crippen LogP contribution >= 0.6 is 11.8 Å². The van der Waals surface area contributed by atoms with E-state index in [0.29, 0.717) is 5.69 Å². The first-order valence-corrected chi connectivity index (χ1v) is 4.04. The predicted octanol–water partition coefficient (Wildman–Crippen LogP) is 0.801. The van der Waals surface area contributed by atoms with E-state index in [-0.39, 0.29) is 0 Å². The minimum Gasteiger partial charge on any atom is -0.296 e. The fraction of sp³-hybridized carbons (Fsp3) is 0.333. The smallest absolute Gasteiger partial charge is 0.170 e. The van der Waals surface area contributed by atoms with Gasteiger partial charge in [0.2, 0.25) is 0 Å². The molecule has 3 nitrogen and oxygen atoms in total. The minimum atomic E-state index is 0.544. The first-order valence-electron chi connectivity index (χ1n) is 3.06. The quantitative estimate of drug-likeness (QED) is 0.561. The average Bonchev–Trinajstić information content (AvgIpc) is 2.42. The van der Waals surface area contributed by atoms with Crippen molar-refractivity contribution in [1.82, 2.24) is 9.78 Å². The van der Waals surface area contributed by atoms with Crippen molar-refractivity contribution < 1.29 is 4.79 Å². The number of nitrogens with zero attached hydrogens (tertiary/aromatic N) is 2. The molecule has 0 aliphatic carbocycles. The highest BCUT2D eigenvalue weighted by atomic mass is 32.2. The van der Waals surface area contributed by atoms with Gasteiger partial charge in [-0.2, -0.15) is 5.10 Å². The molecule has 0 aromatic carbocycles. The van der Waals surface area contributed by atoms with Crippen molar-refractivity contribution in [2.24, 2.45) is 0 Å². The molecule has 0 radical (unpaired) electrons. The van der Waals surface area contributed by atoms with Gasteiger partial charge in [0.1, 0.15) is 5.69 Å². The maximum absolute atomic E-state index is 10.2. The summed E-state index contributed by atoms with van der Waals surface area (Å²) in [5.74, 6) is 1.08. The Balaban J connectivity index is 2.46. The van der Waals surface area contributed by atoms with Crippen molar-refractivity contribution in [3.8, 4) is 0 Å². The Labute approximate surface area is 62.4 Å². The lowest BCUT2D eigenvalue weighted by Crippen LogP contribution is -1.96.